The Labute approximate surface area is 113 Å². The lowest BCUT2D eigenvalue weighted by molar-refractivity contribution is 0.0996. The summed E-state index contributed by atoms with van der Waals surface area (Å²) >= 11 is 0. The van der Waals surface area contributed by atoms with Gasteiger partial charge in [0.2, 0.25) is 0 Å². The van der Waals surface area contributed by atoms with E-state index in [-0.39, 0.29) is 12.1 Å². The summed E-state index contributed by atoms with van der Waals surface area (Å²) in [6, 6.07) is 6.86. The highest BCUT2D eigenvalue weighted by atomic mass is 19.1. The minimum absolute atomic E-state index is 0.124. The van der Waals surface area contributed by atoms with Crippen LogP contribution in [0.15, 0.2) is 36.4 Å². The van der Waals surface area contributed by atoms with Crippen molar-refractivity contribution in [3.8, 4) is 0 Å². The minimum Gasteiger partial charge on any atom is -0.381 e. The summed E-state index contributed by atoms with van der Waals surface area (Å²) in [7, 11) is 0. The van der Waals surface area contributed by atoms with Gasteiger partial charge in [-0.3, -0.25) is 4.79 Å². The molecule has 20 heavy (non-hydrogen) atoms. The van der Waals surface area contributed by atoms with Crippen LogP contribution in [0.4, 0.5) is 18.9 Å². The molecule has 0 aliphatic rings. The minimum atomic E-state index is -0.886. The van der Waals surface area contributed by atoms with Gasteiger partial charge in [-0.25, -0.2) is 13.2 Å². The number of halogens is 3. The fraction of sp³-hybridized carbons (Fsp3) is 0.0714. The standard InChI is InChI=1S/C14H11F3N2O/c15-9-3-8(4-10(16)5-9)7-19-11-1-2-13(17)12(6-11)14(18)20/h1-6,19H,7H2,(H2,18,20). The number of carbonyl (C=O) groups is 1. The van der Waals surface area contributed by atoms with E-state index >= 15 is 0 Å². The Balaban J connectivity index is 2.14. The van der Waals surface area contributed by atoms with E-state index in [1.165, 1.54) is 24.3 Å². The molecule has 0 heterocycles. The fourth-order valence-corrected chi connectivity index (χ4v) is 1.74. The van der Waals surface area contributed by atoms with Gasteiger partial charge < -0.3 is 11.1 Å². The molecule has 0 aliphatic heterocycles. The third-order valence-corrected chi connectivity index (χ3v) is 2.65. The SMILES string of the molecule is NC(=O)c1cc(NCc2cc(F)cc(F)c2)ccc1F. The molecular formula is C14H11F3N2O. The van der Waals surface area contributed by atoms with E-state index < -0.39 is 23.4 Å². The lowest BCUT2D eigenvalue weighted by Crippen LogP contribution is -2.13. The van der Waals surface area contributed by atoms with Gasteiger partial charge in [0.05, 0.1) is 5.56 Å². The third-order valence-electron chi connectivity index (χ3n) is 2.65. The lowest BCUT2D eigenvalue weighted by atomic mass is 10.1. The molecular weight excluding hydrogens is 269 g/mol. The number of primary amides is 1. The molecule has 104 valence electrons. The van der Waals surface area contributed by atoms with E-state index in [1.807, 2.05) is 0 Å². The van der Waals surface area contributed by atoms with E-state index in [1.54, 1.807) is 0 Å². The van der Waals surface area contributed by atoms with Gasteiger partial charge in [-0.05, 0) is 35.9 Å². The number of benzene rings is 2. The van der Waals surface area contributed by atoms with Crippen LogP contribution in [0.2, 0.25) is 0 Å². The molecule has 2 rings (SSSR count). The number of nitrogens with two attached hydrogens (primary N) is 1. The zero-order valence-electron chi connectivity index (χ0n) is 10.3. The van der Waals surface area contributed by atoms with Crippen LogP contribution in [0.3, 0.4) is 0 Å². The molecule has 6 heteroatoms. The van der Waals surface area contributed by atoms with E-state index in [9.17, 15) is 18.0 Å². The molecule has 3 nitrogen and oxygen atoms in total. The van der Waals surface area contributed by atoms with Crippen molar-refractivity contribution >= 4 is 11.6 Å². The summed E-state index contributed by atoms with van der Waals surface area (Å²) in [4.78, 5) is 11.0. The van der Waals surface area contributed by atoms with Crippen LogP contribution < -0.4 is 11.1 Å². The van der Waals surface area contributed by atoms with Gasteiger partial charge in [0, 0.05) is 18.3 Å². The molecule has 2 aromatic carbocycles. The van der Waals surface area contributed by atoms with E-state index in [2.05, 4.69) is 5.32 Å². The van der Waals surface area contributed by atoms with Crippen molar-refractivity contribution in [2.75, 3.05) is 5.32 Å². The van der Waals surface area contributed by atoms with Crippen molar-refractivity contribution in [3.63, 3.8) is 0 Å². The average Bonchev–Trinajstić information content (AvgIpc) is 2.36. The van der Waals surface area contributed by atoms with Gasteiger partial charge in [0.1, 0.15) is 17.5 Å². The number of rotatable bonds is 4. The van der Waals surface area contributed by atoms with Crippen LogP contribution in [-0.4, -0.2) is 5.91 Å². The molecule has 0 unspecified atom stereocenters. The summed E-state index contributed by atoms with van der Waals surface area (Å²) in [5.41, 5.74) is 5.58. The second-order valence-electron chi connectivity index (χ2n) is 4.19. The molecule has 0 atom stereocenters. The van der Waals surface area contributed by atoms with E-state index in [4.69, 9.17) is 5.73 Å². The topological polar surface area (TPSA) is 55.1 Å². The van der Waals surface area contributed by atoms with E-state index in [0.717, 1.165) is 12.1 Å². The van der Waals surface area contributed by atoms with Crippen molar-refractivity contribution in [1.82, 2.24) is 0 Å². The lowest BCUT2D eigenvalue weighted by Gasteiger charge is -2.08. The first-order valence-corrected chi connectivity index (χ1v) is 5.74. The Morgan fingerprint density at radius 2 is 1.70 bits per heavy atom. The van der Waals surface area contributed by atoms with Crippen molar-refractivity contribution in [3.05, 3.63) is 65.0 Å². The maximum Gasteiger partial charge on any atom is 0.251 e. The summed E-state index contributed by atoms with van der Waals surface area (Å²) in [5.74, 6) is -2.97. The van der Waals surface area contributed by atoms with Crippen LogP contribution in [0.25, 0.3) is 0 Å². The van der Waals surface area contributed by atoms with Crippen LogP contribution >= 0.6 is 0 Å². The van der Waals surface area contributed by atoms with Gasteiger partial charge >= 0.3 is 0 Å². The molecule has 0 fully saturated rings. The average molecular weight is 280 g/mol. The van der Waals surface area contributed by atoms with Crippen molar-refractivity contribution in [2.24, 2.45) is 5.73 Å². The Bertz CT molecular complexity index is 639. The molecule has 0 spiro atoms. The van der Waals surface area contributed by atoms with Crippen LogP contribution in [0.1, 0.15) is 15.9 Å². The molecule has 2 aromatic rings. The van der Waals surface area contributed by atoms with Gasteiger partial charge in [-0.15, -0.1) is 0 Å². The Morgan fingerprint density at radius 3 is 2.30 bits per heavy atom. The molecule has 1 amide bonds. The number of nitrogens with one attached hydrogen (secondary N) is 1. The second-order valence-corrected chi connectivity index (χ2v) is 4.19. The summed E-state index contributed by atoms with van der Waals surface area (Å²) < 4.78 is 39.3. The monoisotopic (exact) mass is 280 g/mol. The third kappa shape index (κ3) is 3.28. The van der Waals surface area contributed by atoms with Crippen LogP contribution in [-0.2, 0) is 6.54 Å². The molecule has 3 N–H and O–H groups in total. The Morgan fingerprint density at radius 1 is 1.05 bits per heavy atom. The normalized spacial score (nSPS) is 10.3. The van der Waals surface area contributed by atoms with Crippen molar-refractivity contribution < 1.29 is 18.0 Å². The first-order chi connectivity index (χ1) is 9.45. The number of carbonyl (C=O) groups excluding carboxylic acids is 1. The highest BCUT2D eigenvalue weighted by Gasteiger charge is 2.09. The fourth-order valence-electron chi connectivity index (χ4n) is 1.74. The van der Waals surface area contributed by atoms with Crippen molar-refractivity contribution in [1.29, 1.82) is 0 Å². The van der Waals surface area contributed by atoms with Crippen LogP contribution in [0, 0.1) is 17.5 Å². The molecule has 0 saturated heterocycles. The number of hydrogen-bond acceptors (Lipinski definition) is 2. The maximum atomic E-state index is 13.3. The molecule has 0 radical (unpaired) electrons. The van der Waals surface area contributed by atoms with Crippen molar-refractivity contribution in [2.45, 2.75) is 6.54 Å². The maximum absolute atomic E-state index is 13.3. The summed E-state index contributed by atoms with van der Waals surface area (Å²) in [6.45, 7) is 0.124. The Hall–Kier alpha value is -2.50. The molecule has 0 bridgehead atoms. The predicted octanol–water partition coefficient (Wildman–Crippen LogP) is 2.81. The molecule has 0 aromatic heterocycles. The van der Waals surface area contributed by atoms with Gasteiger partial charge in [-0.2, -0.15) is 0 Å². The summed E-state index contributed by atoms with van der Waals surface area (Å²) in [6.07, 6.45) is 0. The highest BCUT2D eigenvalue weighted by molar-refractivity contribution is 5.94. The number of hydrogen-bond donors (Lipinski definition) is 2. The van der Waals surface area contributed by atoms with E-state index in [0.29, 0.717) is 11.3 Å². The quantitative estimate of drug-likeness (QED) is 0.904. The highest BCUT2D eigenvalue weighted by Crippen LogP contribution is 2.16. The van der Waals surface area contributed by atoms with Gasteiger partial charge in [-0.1, -0.05) is 0 Å². The molecule has 0 saturated carbocycles. The first-order valence-electron chi connectivity index (χ1n) is 5.74. The number of amides is 1. The zero-order valence-corrected chi connectivity index (χ0v) is 10.3. The predicted molar refractivity (Wildman–Crippen MR) is 68.6 cm³/mol. The number of anilines is 1. The largest absolute Gasteiger partial charge is 0.381 e. The van der Waals surface area contributed by atoms with Crippen LogP contribution in [0.5, 0.6) is 0 Å². The molecule has 0 aliphatic carbocycles. The summed E-state index contributed by atoms with van der Waals surface area (Å²) in [5, 5.41) is 2.83. The Kier molecular flexibility index (Phi) is 3.93. The van der Waals surface area contributed by atoms with Gasteiger partial charge in [0.25, 0.3) is 5.91 Å². The zero-order chi connectivity index (χ0) is 14.7. The van der Waals surface area contributed by atoms with Gasteiger partial charge in [0.15, 0.2) is 0 Å². The smallest absolute Gasteiger partial charge is 0.251 e. The second kappa shape index (κ2) is 5.64. The first kappa shape index (κ1) is 13.9.